The number of benzene rings is 1. The van der Waals surface area contributed by atoms with Gasteiger partial charge in [-0.3, -0.25) is 0 Å². The number of anilines is 1. The summed E-state index contributed by atoms with van der Waals surface area (Å²) in [6, 6.07) is 7.04. The lowest BCUT2D eigenvalue weighted by Crippen LogP contribution is -2.29. The van der Waals surface area contributed by atoms with E-state index >= 15 is 0 Å². The highest BCUT2D eigenvalue weighted by Gasteiger charge is 2.12. The lowest BCUT2D eigenvalue weighted by molar-refractivity contribution is 0.0945. The zero-order chi connectivity index (χ0) is 11.5. The van der Waals surface area contributed by atoms with Gasteiger partial charge in [0.1, 0.15) is 6.07 Å². The van der Waals surface area contributed by atoms with E-state index in [0.717, 1.165) is 0 Å². The highest BCUT2D eigenvalue weighted by molar-refractivity contribution is 6.30. The molecule has 1 rings (SSSR count). The Hall–Kier alpha value is -1.24. The summed E-state index contributed by atoms with van der Waals surface area (Å²) in [6.45, 7) is 3.75. The molecule has 1 aromatic carbocycles. The largest absolute Gasteiger partial charge is 0.389 e. The second kappa shape index (κ2) is 4.52. The molecule has 4 heteroatoms. The van der Waals surface area contributed by atoms with Crippen molar-refractivity contribution in [3.05, 3.63) is 28.8 Å². The molecule has 0 atom stereocenters. The fourth-order valence-corrected chi connectivity index (χ4v) is 1.24. The molecule has 0 aliphatic carbocycles. The van der Waals surface area contributed by atoms with Gasteiger partial charge in [0, 0.05) is 11.6 Å². The quantitative estimate of drug-likeness (QED) is 0.829. The molecule has 0 spiro atoms. The third kappa shape index (κ3) is 3.78. The predicted molar refractivity (Wildman–Crippen MR) is 61.0 cm³/mol. The lowest BCUT2D eigenvalue weighted by Gasteiger charge is -2.19. The molecule has 0 heterocycles. The van der Waals surface area contributed by atoms with E-state index in [0.29, 0.717) is 22.8 Å². The SMILES string of the molecule is CC(C)(O)CNc1cc(Cl)ccc1C#N. The number of nitrogens with one attached hydrogen (secondary N) is 1. The number of nitrogens with zero attached hydrogens (tertiary/aromatic N) is 1. The molecule has 0 aliphatic rings. The van der Waals surface area contributed by atoms with Crippen molar-refractivity contribution >= 4 is 17.3 Å². The van der Waals surface area contributed by atoms with Gasteiger partial charge in [0.15, 0.2) is 0 Å². The van der Waals surface area contributed by atoms with Gasteiger partial charge < -0.3 is 10.4 Å². The summed E-state index contributed by atoms with van der Waals surface area (Å²) in [5.41, 5.74) is 0.338. The minimum absolute atomic E-state index is 0.363. The summed E-state index contributed by atoms with van der Waals surface area (Å²) in [4.78, 5) is 0. The van der Waals surface area contributed by atoms with Crippen LogP contribution < -0.4 is 5.32 Å². The van der Waals surface area contributed by atoms with Crippen LogP contribution in [0.3, 0.4) is 0 Å². The Morgan fingerprint density at radius 3 is 2.73 bits per heavy atom. The highest BCUT2D eigenvalue weighted by Crippen LogP contribution is 2.20. The smallest absolute Gasteiger partial charge is 0.101 e. The Kier molecular flexibility index (Phi) is 3.57. The Morgan fingerprint density at radius 1 is 1.53 bits per heavy atom. The van der Waals surface area contributed by atoms with Gasteiger partial charge >= 0.3 is 0 Å². The number of nitriles is 1. The van der Waals surface area contributed by atoms with Crippen molar-refractivity contribution in [3.63, 3.8) is 0 Å². The number of hydrogen-bond acceptors (Lipinski definition) is 3. The second-order valence-electron chi connectivity index (χ2n) is 3.97. The average molecular weight is 225 g/mol. The van der Waals surface area contributed by atoms with E-state index in [2.05, 4.69) is 11.4 Å². The molecule has 2 N–H and O–H groups in total. The Labute approximate surface area is 94.3 Å². The first-order valence-corrected chi connectivity index (χ1v) is 4.96. The summed E-state index contributed by atoms with van der Waals surface area (Å²) in [5, 5.41) is 21.9. The first-order chi connectivity index (χ1) is 6.92. The molecule has 0 fully saturated rings. The van der Waals surface area contributed by atoms with Gasteiger partial charge in [0.25, 0.3) is 0 Å². The van der Waals surface area contributed by atoms with E-state index in [9.17, 15) is 5.11 Å². The molecule has 15 heavy (non-hydrogen) atoms. The topological polar surface area (TPSA) is 56.0 Å². The third-order valence-electron chi connectivity index (χ3n) is 1.81. The predicted octanol–water partition coefficient (Wildman–Crippen LogP) is 2.39. The Bertz CT molecular complexity index is 391. The molecule has 0 radical (unpaired) electrons. The minimum Gasteiger partial charge on any atom is -0.389 e. The molecule has 0 aromatic heterocycles. The van der Waals surface area contributed by atoms with Gasteiger partial charge in [-0.15, -0.1) is 0 Å². The van der Waals surface area contributed by atoms with Crippen molar-refractivity contribution in [3.8, 4) is 6.07 Å². The van der Waals surface area contributed by atoms with Crippen LogP contribution >= 0.6 is 11.6 Å². The Balaban J connectivity index is 2.85. The van der Waals surface area contributed by atoms with Crippen molar-refractivity contribution < 1.29 is 5.11 Å². The van der Waals surface area contributed by atoms with Crippen molar-refractivity contribution in [2.24, 2.45) is 0 Å². The maximum Gasteiger partial charge on any atom is 0.101 e. The van der Waals surface area contributed by atoms with Gasteiger partial charge in [-0.05, 0) is 32.0 Å². The van der Waals surface area contributed by atoms with Crippen LogP contribution in [-0.2, 0) is 0 Å². The molecule has 0 amide bonds. The van der Waals surface area contributed by atoms with Gasteiger partial charge in [0.05, 0.1) is 16.9 Å². The highest BCUT2D eigenvalue weighted by atomic mass is 35.5. The van der Waals surface area contributed by atoms with Gasteiger partial charge in [-0.1, -0.05) is 11.6 Å². The van der Waals surface area contributed by atoms with E-state index in [4.69, 9.17) is 16.9 Å². The fourth-order valence-electron chi connectivity index (χ4n) is 1.07. The molecule has 3 nitrogen and oxygen atoms in total. The maximum absolute atomic E-state index is 9.53. The van der Waals surface area contributed by atoms with Crippen LogP contribution in [0.25, 0.3) is 0 Å². The molecule has 0 saturated carbocycles. The molecular formula is C11H13ClN2O. The van der Waals surface area contributed by atoms with Crippen LogP contribution in [0.1, 0.15) is 19.4 Å². The van der Waals surface area contributed by atoms with E-state index in [1.807, 2.05) is 0 Å². The zero-order valence-electron chi connectivity index (χ0n) is 8.71. The van der Waals surface area contributed by atoms with Crippen molar-refractivity contribution in [2.75, 3.05) is 11.9 Å². The maximum atomic E-state index is 9.53. The Morgan fingerprint density at radius 2 is 2.20 bits per heavy atom. The van der Waals surface area contributed by atoms with Crippen LogP contribution in [0.4, 0.5) is 5.69 Å². The normalized spacial score (nSPS) is 10.9. The monoisotopic (exact) mass is 224 g/mol. The van der Waals surface area contributed by atoms with Gasteiger partial charge in [-0.2, -0.15) is 5.26 Å². The zero-order valence-corrected chi connectivity index (χ0v) is 9.47. The molecule has 0 aliphatic heterocycles. The first-order valence-electron chi connectivity index (χ1n) is 4.58. The molecular weight excluding hydrogens is 212 g/mol. The van der Waals surface area contributed by atoms with E-state index in [1.54, 1.807) is 32.0 Å². The number of rotatable bonds is 3. The van der Waals surface area contributed by atoms with Crippen LogP contribution in [-0.4, -0.2) is 17.3 Å². The standard InChI is InChI=1S/C11H13ClN2O/c1-11(2,15)7-14-10-5-9(12)4-3-8(10)6-13/h3-5,14-15H,7H2,1-2H3. The first kappa shape index (κ1) is 11.8. The molecule has 0 saturated heterocycles. The van der Waals surface area contributed by atoms with Crippen molar-refractivity contribution in [2.45, 2.75) is 19.4 Å². The van der Waals surface area contributed by atoms with Crippen LogP contribution in [0.15, 0.2) is 18.2 Å². The number of halogens is 1. The summed E-state index contributed by atoms with van der Waals surface area (Å²) in [6.07, 6.45) is 0. The minimum atomic E-state index is -0.824. The van der Waals surface area contributed by atoms with E-state index < -0.39 is 5.60 Å². The lowest BCUT2D eigenvalue weighted by atomic mass is 10.1. The van der Waals surface area contributed by atoms with E-state index in [-0.39, 0.29) is 0 Å². The second-order valence-corrected chi connectivity index (χ2v) is 4.40. The van der Waals surface area contributed by atoms with Crippen molar-refractivity contribution in [1.29, 1.82) is 5.26 Å². The number of aliphatic hydroxyl groups is 1. The van der Waals surface area contributed by atoms with Gasteiger partial charge in [-0.25, -0.2) is 0 Å². The van der Waals surface area contributed by atoms with Crippen LogP contribution in [0.5, 0.6) is 0 Å². The van der Waals surface area contributed by atoms with Crippen LogP contribution in [0, 0.1) is 11.3 Å². The average Bonchev–Trinajstić information content (AvgIpc) is 2.14. The molecule has 0 unspecified atom stereocenters. The number of hydrogen-bond donors (Lipinski definition) is 2. The van der Waals surface area contributed by atoms with Crippen molar-refractivity contribution in [1.82, 2.24) is 0 Å². The summed E-state index contributed by atoms with van der Waals surface area (Å²) in [7, 11) is 0. The molecule has 0 bridgehead atoms. The summed E-state index contributed by atoms with van der Waals surface area (Å²) >= 11 is 5.81. The summed E-state index contributed by atoms with van der Waals surface area (Å²) < 4.78 is 0. The summed E-state index contributed by atoms with van der Waals surface area (Å²) in [5.74, 6) is 0. The molecule has 80 valence electrons. The van der Waals surface area contributed by atoms with E-state index in [1.165, 1.54) is 0 Å². The van der Waals surface area contributed by atoms with Crippen LogP contribution in [0.2, 0.25) is 5.02 Å². The van der Waals surface area contributed by atoms with Gasteiger partial charge in [0.2, 0.25) is 0 Å². The third-order valence-corrected chi connectivity index (χ3v) is 2.05. The molecule has 1 aromatic rings. The fraction of sp³-hybridized carbons (Fsp3) is 0.364.